The van der Waals surface area contributed by atoms with Crippen LogP contribution in [-0.2, 0) is 19.5 Å². The predicted octanol–water partition coefficient (Wildman–Crippen LogP) is -6.22. The van der Waals surface area contributed by atoms with Crippen molar-refractivity contribution >= 4 is 70.6 Å². The number of benzene rings is 1. The third-order valence-corrected chi connectivity index (χ3v) is 4.17. The molecular formula is C6H7Cl8O3RhS. The monoisotopic (exact) mass is 542 g/mol. The number of hydrogen-bond donors (Lipinski definition) is 1. The van der Waals surface area contributed by atoms with Gasteiger partial charge in [0.05, 0.1) is 25.1 Å². The van der Waals surface area contributed by atoms with Crippen molar-refractivity contribution in [3.63, 3.8) is 0 Å². The summed E-state index contributed by atoms with van der Waals surface area (Å²) in [6, 6.07) is 0. The molecule has 0 fully saturated rings. The van der Waals surface area contributed by atoms with Gasteiger partial charge in [-0.25, -0.2) is 0 Å². The first-order valence-corrected chi connectivity index (χ1v) is 5.01. The molecule has 0 unspecified atom stereocenters. The Bertz CT molecular complexity index is 251. The van der Waals surface area contributed by atoms with E-state index < -0.39 is 0 Å². The Kier molecular flexibility index (Phi) is 41.7. The van der Waals surface area contributed by atoms with E-state index in [2.05, 4.69) is 12.6 Å². The molecule has 0 saturated carbocycles. The second-order valence-electron chi connectivity index (χ2n) is 1.92. The van der Waals surface area contributed by atoms with Gasteiger partial charge in [-0.15, -0.1) is 12.6 Å². The van der Waals surface area contributed by atoms with E-state index in [0.717, 1.165) is 0 Å². The summed E-state index contributed by atoms with van der Waals surface area (Å²) < 4.78 is 0. The van der Waals surface area contributed by atoms with Gasteiger partial charge in [-0.05, 0) is 0 Å². The van der Waals surface area contributed by atoms with Gasteiger partial charge in [0.25, 0.3) is 0 Å². The van der Waals surface area contributed by atoms with E-state index in [4.69, 9.17) is 58.0 Å². The molecule has 6 N–H and O–H groups in total. The van der Waals surface area contributed by atoms with Gasteiger partial charge < -0.3 is 53.6 Å². The van der Waals surface area contributed by atoms with E-state index in [9.17, 15) is 0 Å². The minimum absolute atomic E-state index is 0. The van der Waals surface area contributed by atoms with Crippen LogP contribution in [0.4, 0.5) is 0 Å². The van der Waals surface area contributed by atoms with Gasteiger partial charge in [-0.1, -0.05) is 58.0 Å². The van der Waals surface area contributed by atoms with Crippen LogP contribution in [0.25, 0.3) is 0 Å². The second kappa shape index (κ2) is 18.4. The van der Waals surface area contributed by atoms with Crippen LogP contribution in [0.2, 0.25) is 25.1 Å². The molecule has 1 rings (SSSR count). The summed E-state index contributed by atoms with van der Waals surface area (Å²) in [4.78, 5) is 0.331. The number of halogens is 8. The molecule has 0 aliphatic heterocycles. The fraction of sp³-hybridized carbons (Fsp3) is 0. The van der Waals surface area contributed by atoms with Gasteiger partial charge in [0, 0.05) is 4.90 Å². The molecule has 1 aromatic carbocycles. The first-order valence-electron chi connectivity index (χ1n) is 2.67. The Balaban J connectivity index is -0.0000000411. The van der Waals surface area contributed by atoms with Crippen molar-refractivity contribution in [1.82, 2.24) is 0 Å². The summed E-state index contributed by atoms with van der Waals surface area (Å²) in [6.45, 7) is 0. The largest absolute Gasteiger partial charge is 3.00 e. The van der Waals surface area contributed by atoms with E-state index in [-0.39, 0.29) is 98.2 Å². The van der Waals surface area contributed by atoms with Crippen LogP contribution in [0.1, 0.15) is 0 Å². The first-order chi connectivity index (χ1) is 5.46. The molecule has 0 spiro atoms. The Morgan fingerprint density at radius 3 is 0.895 bits per heavy atom. The summed E-state index contributed by atoms with van der Waals surface area (Å²) in [5.41, 5.74) is 0. The van der Waals surface area contributed by atoms with Gasteiger partial charge in [0.2, 0.25) is 0 Å². The second-order valence-corrected chi connectivity index (χ2v) is 4.26. The third kappa shape index (κ3) is 9.90. The van der Waals surface area contributed by atoms with E-state index in [1.807, 2.05) is 0 Å². The van der Waals surface area contributed by atoms with Crippen LogP contribution in [-0.4, -0.2) is 16.4 Å². The molecule has 0 aliphatic rings. The Morgan fingerprint density at radius 1 is 0.526 bits per heavy atom. The number of thiol groups is 1. The average Bonchev–Trinajstić information content (AvgIpc) is 2.08. The standard InChI is InChI=1S/C6HCl5S.3ClH.3H2O.Rh/c7-1-2(8)4(10)6(12)5(11)3(1)9;;;;;;;/h12H;3*1H;3*1H2;/q;;;;;;;+3/p-3. The van der Waals surface area contributed by atoms with Gasteiger partial charge in [0.1, 0.15) is 0 Å². The molecule has 0 bridgehead atoms. The maximum absolute atomic E-state index is 5.72. The smallest absolute Gasteiger partial charge is 1.00 e. The topological polar surface area (TPSA) is 94.5 Å². The van der Waals surface area contributed by atoms with Crippen molar-refractivity contribution in [2.75, 3.05) is 0 Å². The van der Waals surface area contributed by atoms with Crippen molar-refractivity contribution in [1.29, 1.82) is 0 Å². The van der Waals surface area contributed by atoms with Gasteiger partial charge in [-0.2, -0.15) is 0 Å². The van der Waals surface area contributed by atoms with Crippen molar-refractivity contribution in [2.24, 2.45) is 0 Å². The fourth-order valence-corrected chi connectivity index (χ4v) is 2.09. The summed E-state index contributed by atoms with van der Waals surface area (Å²) >= 11 is 32.6. The molecule has 13 heteroatoms. The molecular weight excluding hydrogens is 539 g/mol. The zero-order valence-electron chi connectivity index (χ0n) is 8.30. The number of hydrogen-bond acceptors (Lipinski definition) is 1. The molecule has 0 aliphatic carbocycles. The molecule has 0 saturated heterocycles. The minimum atomic E-state index is 0. The van der Waals surface area contributed by atoms with E-state index >= 15 is 0 Å². The zero-order valence-corrected chi connectivity index (χ0v) is 16.9. The number of rotatable bonds is 0. The van der Waals surface area contributed by atoms with Crippen molar-refractivity contribution in [2.45, 2.75) is 4.90 Å². The molecule has 0 radical (unpaired) electrons. The van der Waals surface area contributed by atoms with Gasteiger partial charge in [0.15, 0.2) is 0 Å². The summed E-state index contributed by atoms with van der Waals surface area (Å²) in [5, 5.41) is 0.889. The predicted molar refractivity (Wildman–Crippen MR) is 69.6 cm³/mol. The summed E-state index contributed by atoms with van der Waals surface area (Å²) in [7, 11) is 0. The van der Waals surface area contributed by atoms with Crippen molar-refractivity contribution < 1.29 is 73.1 Å². The fourth-order valence-electron chi connectivity index (χ4n) is 0.593. The summed E-state index contributed by atoms with van der Waals surface area (Å²) in [6.07, 6.45) is 0. The average molecular weight is 546 g/mol. The molecule has 0 aromatic heterocycles. The van der Waals surface area contributed by atoms with Gasteiger partial charge in [-0.3, -0.25) is 0 Å². The Morgan fingerprint density at radius 2 is 0.684 bits per heavy atom. The van der Waals surface area contributed by atoms with Crippen LogP contribution in [0.3, 0.4) is 0 Å². The molecule has 0 heterocycles. The van der Waals surface area contributed by atoms with Crippen molar-refractivity contribution in [3.8, 4) is 0 Å². The third-order valence-electron chi connectivity index (χ3n) is 1.19. The normalized spacial score (nSPS) is 6.63. The maximum Gasteiger partial charge on any atom is 3.00 e. The van der Waals surface area contributed by atoms with Crippen LogP contribution < -0.4 is 37.2 Å². The Labute approximate surface area is 172 Å². The molecule has 0 atom stereocenters. The molecule has 3 nitrogen and oxygen atoms in total. The molecule has 120 valence electrons. The van der Waals surface area contributed by atoms with Crippen LogP contribution in [0, 0.1) is 0 Å². The molecule has 1 aromatic rings. The van der Waals surface area contributed by atoms with Crippen LogP contribution >= 0.6 is 70.6 Å². The minimum Gasteiger partial charge on any atom is -1.00 e. The van der Waals surface area contributed by atoms with E-state index in [1.54, 1.807) is 0 Å². The molecule has 0 amide bonds. The van der Waals surface area contributed by atoms with Gasteiger partial charge >= 0.3 is 19.5 Å². The maximum atomic E-state index is 5.72. The van der Waals surface area contributed by atoms with Crippen molar-refractivity contribution in [3.05, 3.63) is 25.1 Å². The SMILES string of the molecule is O.O.O.Sc1c(Cl)c(Cl)c(Cl)c(Cl)c1Cl.[Cl-].[Cl-].[Cl-].[Rh+3]. The summed E-state index contributed by atoms with van der Waals surface area (Å²) in [5.74, 6) is 0. The quantitative estimate of drug-likeness (QED) is 0.145. The van der Waals surface area contributed by atoms with E-state index in [0.29, 0.717) is 4.90 Å². The zero-order chi connectivity index (χ0) is 9.46. The van der Waals surface area contributed by atoms with E-state index in [1.165, 1.54) is 0 Å². The van der Waals surface area contributed by atoms with Crippen LogP contribution in [0.15, 0.2) is 4.90 Å². The van der Waals surface area contributed by atoms with Crippen LogP contribution in [0.5, 0.6) is 0 Å². The molecule has 19 heavy (non-hydrogen) atoms. The first kappa shape index (κ1) is 42.9. The Hall–Kier alpha value is 2.39.